The number of carbonyl (C=O) groups is 3. The quantitative estimate of drug-likeness (QED) is 0.591. The van der Waals surface area contributed by atoms with E-state index in [1.165, 1.54) is 0 Å². The van der Waals surface area contributed by atoms with Crippen molar-refractivity contribution < 1.29 is 29.7 Å². The minimum absolute atomic E-state index is 0.275. The zero-order chi connectivity index (χ0) is 12.1. The summed E-state index contributed by atoms with van der Waals surface area (Å²) in [5.41, 5.74) is -1.47. The number of rotatable bonds is 2. The zero-order valence-corrected chi connectivity index (χ0v) is 8.39. The third-order valence-electron chi connectivity index (χ3n) is 2.28. The molecule has 0 aromatic carbocycles. The topological polar surface area (TPSA) is 112 Å². The van der Waals surface area contributed by atoms with Crippen molar-refractivity contribution >= 4 is 17.9 Å². The standard InChI is InChI=1S/C7H10O4.C2H4O2/c8-5(9)7(6(10)11)3-1-2-4-7;1-2(3)4/h1-4H2,(H,8,9)(H,10,11);1H3,(H,3,4). The van der Waals surface area contributed by atoms with Crippen molar-refractivity contribution in [2.75, 3.05) is 0 Å². The molecule has 0 unspecified atom stereocenters. The molecule has 0 aromatic heterocycles. The molecular weight excluding hydrogens is 204 g/mol. The van der Waals surface area contributed by atoms with Crippen LogP contribution in [0.1, 0.15) is 32.6 Å². The molecule has 1 aliphatic carbocycles. The monoisotopic (exact) mass is 218 g/mol. The molecule has 0 radical (unpaired) electrons. The number of carboxylic acid groups (broad SMARTS) is 3. The summed E-state index contributed by atoms with van der Waals surface area (Å²) in [6.07, 6.45) is 1.96. The van der Waals surface area contributed by atoms with Crippen LogP contribution in [0.15, 0.2) is 0 Å². The van der Waals surface area contributed by atoms with Gasteiger partial charge in [-0.25, -0.2) is 0 Å². The van der Waals surface area contributed by atoms with E-state index in [-0.39, 0.29) is 12.8 Å². The first-order valence-corrected chi connectivity index (χ1v) is 4.49. The van der Waals surface area contributed by atoms with Crippen LogP contribution in [0.4, 0.5) is 0 Å². The Hall–Kier alpha value is -1.59. The van der Waals surface area contributed by atoms with Gasteiger partial charge in [0, 0.05) is 6.92 Å². The van der Waals surface area contributed by atoms with Crippen molar-refractivity contribution in [3.05, 3.63) is 0 Å². The zero-order valence-electron chi connectivity index (χ0n) is 8.39. The fourth-order valence-electron chi connectivity index (χ4n) is 1.50. The molecular formula is C9H14O6. The molecule has 6 heteroatoms. The van der Waals surface area contributed by atoms with Crippen LogP contribution >= 0.6 is 0 Å². The average molecular weight is 218 g/mol. The number of hydrogen-bond acceptors (Lipinski definition) is 3. The molecule has 0 bridgehead atoms. The fraction of sp³-hybridized carbons (Fsp3) is 0.667. The predicted octanol–water partition coefficient (Wildman–Crippen LogP) is 0.807. The Balaban J connectivity index is 0.000000423. The lowest BCUT2D eigenvalue weighted by molar-refractivity contribution is -0.164. The molecule has 0 saturated heterocycles. The lowest BCUT2D eigenvalue weighted by atomic mass is 9.87. The minimum atomic E-state index is -1.47. The second-order valence-corrected chi connectivity index (χ2v) is 3.42. The van der Waals surface area contributed by atoms with E-state index < -0.39 is 23.3 Å². The molecule has 3 N–H and O–H groups in total. The second-order valence-electron chi connectivity index (χ2n) is 3.42. The van der Waals surface area contributed by atoms with Crippen LogP contribution in [-0.4, -0.2) is 33.2 Å². The van der Waals surface area contributed by atoms with Gasteiger partial charge in [-0.05, 0) is 12.8 Å². The molecule has 1 aliphatic rings. The highest BCUT2D eigenvalue weighted by Crippen LogP contribution is 2.38. The van der Waals surface area contributed by atoms with E-state index in [0.717, 1.165) is 6.92 Å². The molecule has 86 valence electrons. The molecule has 0 spiro atoms. The van der Waals surface area contributed by atoms with E-state index in [9.17, 15) is 9.59 Å². The van der Waals surface area contributed by atoms with Crippen LogP contribution in [-0.2, 0) is 14.4 Å². The highest BCUT2D eigenvalue weighted by Gasteiger charge is 2.48. The largest absolute Gasteiger partial charge is 0.481 e. The summed E-state index contributed by atoms with van der Waals surface area (Å²) >= 11 is 0. The highest BCUT2D eigenvalue weighted by atomic mass is 16.4. The summed E-state index contributed by atoms with van der Waals surface area (Å²) in [5, 5.41) is 24.7. The van der Waals surface area contributed by atoms with Crippen molar-refractivity contribution in [2.24, 2.45) is 5.41 Å². The summed E-state index contributed by atoms with van der Waals surface area (Å²) in [7, 11) is 0. The normalized spacial score (nSPS) is 17.4. The summed E-state index contributed by atoms with van der Waals surface area (Å²) < 4.78 is 0. The van der Waals surface area contributed by atoms with Crippen LogP contribution in [0, 0.1) is 5.41 Å². The van der Waals surface area contributed by atoms with Crippen LogP contribution in [0.2, 0.25) is 0 Å². The van der Waals surface area contributed by atoms with Gasteiger partial charge in [-0.15, -0.1) is 0 Å². The van der Waals surface area contributed by atoms with Gasteiger partial charge in [0.15, 0.2) is 5.41 Å². The molecule has 1 rings (SSSR count). The minimum Gasteiger partial charge on any atom is -0.481 e. The van der Waals surface area contributed by atoms with E-state index in [1.54, 1.807) is 0 Å². The number of aliphatic carboxylic acids is 3. The maximum absolute atomic E-state index is 10.6. The molecule has 0 heterocycles. The molecule has 0 atom stereocenters. The van der Waals surface area contributed by atoms with E-state index in [0.29, 0.717) is 12.8 Å². The summed E-state index contributed by atoms with van der Waals surface area (Å²) in [5.74, 6) is -3.22. The van der Waals surface area contributed by atoms with Gasteiger partial charge in [0.25, 0.3) is 5.97 Å². The molecule has 0 amide bonds. The van der Waals surface area contributed by atoms with Crippen molar-refractivity contribution in [1.82, 2.24) is 0 Å². The van der Waals surface area contributed by atoms with Crippen LogP contribution in [0.25, 0.3) is 0 Å². The van der Waals surface area contributed by atoms with E-state index in [2.05, 4.69) is 0 Å². The Bertz CT molecular complexity index is 244. The third-order valence-corrected chi connectivity index (χ3v) is 2.28. The summed E-state index contributed by atoms with van der Waals surface area (Å²) in [4.78, 5) is 30.2. The van der Waals surface area contributed by atoms with Crippen molar-refractivity contribution in [2.45, 2.75) is 32.6 Å². The number of carboxylic acids is 3. The number of hydrogen-bond donors (Lipinski definition) is 3. The maximum Gasteiger partial charge on any atom is 0.321 e. The Kier molecular flexibility index (Phi) is 4.77. The molecule has 0 aromatic rings. The summed E-state index contributed by atoms with van der Waals surface area (Å²) in [6, 6.07) is 0. The first kappa shape index (κ1) is 13.4. The van der Waals surface area contributed by atoms with Crippen LogP contribution in [0.5, 0.6) is 0 Å². The van der Waals surface area contributed by atoms with E-state index in [1.807, 2.05) is 0 Å². The molecule has 6 nitrogen and oxygen atoms in total. The van der Waals surface area contributed by atoms with Crippen LogP contribution in [0.3, 0.4) is 0 Å². The fourth-order valence-corrected chi connectivity index (χ4v) is 1.50. The predicted molar refractivity (Wildman–Crippen MR) is 49.5 cm³/mol. The Morgan fingerprint density at radius 2 is 1.20 bits per heavy atom. The van der Waals surface area contributed by atoms with Crippen LogP contribution < -0.4 is 0 Å². The van der Waals surface area contributed by atoms with Crippen molar-refractivity contribution in [1.29, 1.82) is 0 Å². The average Bonchev–Trinajstić information content (AvgIpc) is 2.50. The van der Waals surface area contributed by atoms with Gasteiger partial charge >= 0.3 is 11.9 Å². The van der Waals surface area contributed by atoms with Gasteiger partial charge in [0.1, 0.15) is 0 Å². The second kappa shape index (κ2) is 5.33. The van der Waals surface area contributed by atoms with Gasteiger partial charge in [-0.1, -0.05) is 12.8 Å². The molecule has 1 fully saturated rings. The van der Waals surface area contributed by atoms with Gasteiger partial charge in [-0.2, -0.15) is 0 Å². The smallest absolute Gasteiger partial charge is 0.321 e. The first-order chi connectivity index (χ1) is 6.83. The lowest BCUT2D eigenvalue weighted by Crippen LogP contribution is -2.36. The SMILES string of the molecule is CC(=O)O.O=C(O)C1(C(=O)O)CCCC1. The maximum atomic E-state index is 10.6. The lowest BCUT2D eigenvalue weighted by Gasteiger charge is -2.16. The summed E-state index contributed by atoms with van der Waals surface area (Å²) in [6.45, 7) is 1.08. The van der Waals surface area contributed by atoms with Crippen molar-refractivity contribution in [3.63, 3.8) is 0 Å². The highest BCUT2D eigenvalue weighted by molar-refractivity contribution is 5.98. The Labute approximate surface area is 86.5 Å². The Morgan fingerprint density at radius 3 is 1.33 bits per heavy atom. The Morgan fingerprint density at radius 1 is 0.933 bits per heavy atom. The van der Waals surface area contributed by atoms with Gasteiger partial charge in [-0.3, -0.25) is 14.4 Å². The third kappa shape index (κ3) is 3.57. The first-order valence-electron chi connectivity index (χ1n) is 4.49. The van der Waals surface area contributed by atoms with E-state index >= 15 is 0 Å². The van der Waals surface area contributed by atoms with Gasteiger partial charge in [0.2, 0.25) is 0 Å². The van der Waals surface area contributed by atoms with Crippen molar-refractivity contribution in [3.8, 4) is 0 Å². The molecule has 0 aliphatic heterocycles. The van der Waals surface area contributed by atoms with Gasteiger partial charge < -0.3 is 15.3 Å². The van der Waals surface area contributed by atoms with Gasteiger partial charge in [0.05, 0.1) is 0 Å². The molecule has 15 heavy (non-hydrogen) atoms. The van der Waals surface area contributed by atoms with E-state index in [4.69, 9.17) is 20.1 Å². The molecule has 1 saturated carbocycles.